The van der Waals surface area contributed by atoms with Crippen molar-refractivity contribution in [3.05, 3.63) is 30.5 Å². The molecular formula is C18H23N5O3. The Kier molecular flexibility index (Phi) is 5.43. The van der Waals surface area contributed by atoms with Gasteiger partial charge >= 0.3 is 0 Å². The normalized spacial score (nSPS) is 10.8. The molecule has 0 unspecified atom stereocenters. The average Bonchev–Trinajstić information content (AvgIpc) is 3.03. The van der Waals surface area contributed by atoms with E-state index in [2.05, 4.69) is 25.2 Å². The van der Waals surface area contributed by atoms with Crippen LogP contribution in [0.4, 0.5) is 17.5 Å². The number of imidazole rings is 1. The highest BCUT2D eigenvalue weighted by molar-refractivity contribution is 5.81. The predicted molar refractivity (Wildman–Crippen MR) is 102 cm³/mol. The molecule has 2 N–H and O–H groups in total. The Morgan fingerprint density at radius 3 is 2.58 bits per heavy atom. The van der Waals surface area contributed by atoms with Crippen molar-refractivity contribution >= 4 is 28.5 Å². The fourth-order valence-electron chi connectivity index (χ4n) is 2.76. The van der Waals surface area contributed by atoms with E-state index >= 15 is 0 Å². The Morgan fingerprint density at radius 2 is 1.88 bits per heavy atom. The SMILES string of the molecule is CNc1nc2cnc(Nc3ccc(OC)c(OC)c3)cc2n1CCOC. The zero-order chi connectivity index (χ0) is 18.5. The summed E-state index contributed by atoms with van der Waals surface area (Å²) in [6.07, 6.45) is 1.75. The molecule has 3 aromatic rings. The summed E-state index contributed by atoms with van der Waals surface area (Å²) in [5.74, 6) is 2.83. The van der Waals surface area contributed by atoms with Gasteiger partial charge in [0.1, 0.15) is 11.3 Å². The molecule has 0 aliphatic heterocycles. The minimum absolute atomic E-state index is 0.598. The van der Waals surface area contributed by atoms with E-state index in [4.69, 9.17) is 14.2 Å². The highest BCUT2D eigenvalue weighted by Crippen LogP contribution is 2.31. The molecule has 0 aliphatic carbocycles. The van der Waals surface area contributed by atoms with Crippen molar-refractivity contribution in [1.29, 1.82) is 0 Å². The van der Waals surface area contributed by atoms with Crippen molar-refractivity contribution in [3.8, 4) is 11.5 Å². The lowest BCUT2D eigenvalue weighted by molar-refractivity contribution is 0.189. The quantitative estimate of drug-likeness (QED) is 0.641. The average molecular weight is 357 g/mol. The molecular weight excluding hydrogens is 334 g/mol. The first-order chi connectivity index (χ1) is 12.7. The number of pyridine rings is 1. The Morgan fingerprint density at radius 1 is 1.08 bits per heavy atom. The maximum Gasteiger partial charge on any atom is 0.203 e. The Labute approximate surface area is 152 Å². The first-order valence-corrected chi connectivity index (χ1v) is 8.22. The van der Waals surface area contributed by atoms with Crippen LogP contribution in [-0.4, -0.2) is 49.5 Å². The molecule has 26 heavy (non-hydrogen) atoms. The van der Waals surface area contributed by atoms with Crippen LogP contribution in [0.2, 0.25) is 0 Å². The molecule has 0 atom stereocenters. The molecule has 0 spiro atoms. The minimum atomic E-state index is 0.598. The summed E-state index contributed by atoms with van der Waals surface area (Å²) in [6, 6.07) is 7.59. The van der Waals surface area contributed by atoms with Crippen LogP contribution in [0, 0.1) is 0 Å². The number of nitrogens with one attached hydrogen (secondary N) is 2. The number of nitrogens with zero attached hydrogens (tertiary/aromatic N) is 3. The summed E-state index contributed by atoms with van der Waals surface area (Å²) in [5.41, 5.74) is 2.65. The number of aromatic nitrogens is 3. The second kappa shape index (κ2) is 7.92. The maximum absolute atomic E-state index is 5.34. The van der Waals surface area contributed by atoms with Gasteiger partial charge in [0.2, 0.25) is 5.95 Å². The number of methoxy groups -OCH3 is 3. The number of fused-ring (bicyclic) bond motifs is 1. The van der Waals surface area contributed by atoms with Crippen LogP contribution in [0.3, 0.4) is 0 Å². The van der Waals surface area contributed by atoms with E-state index in [1.807, 2.05) is 31.3 Å². The fraction of sp³-hybridized carbons (Fsp3) is 0.333. The van der Waals surface area contributed by atoms with Crippen LogP contribution in [0.5, 0.6) is 11.5 Å². The molecule has 0 aliphatic rings. The zero-order valence-electron chi connectivity index (χ0n) is 15.4. The zero-order valence-corrected chi connectivity index (χ0v) is 15.4. The number of hydrogen-bond donors (Lipinski definition) is 2. The molecule has 0 saturated carbocycles. The molecule has 138 valence electrons. The highest BCUT2D eigenvalue weighted by atomic mass is 16.5. The third-order valence-corrected chi connectivity index (χ3v) is 4.03. The molecule has 2 heterocycles. The number of rotatable bonds is 8. The van der Waals surface area contributed by atoms with E-state index in [0.29, 0.717) is 30.5 Å². The lowest BCUT2D eigenvalue weighted by Gasteiger charge is -2.11. The second-order valence-corrected chi connectivity index (χ2v) is 5.58. The number of ether oxygens (including phenoxy) is 3. The fourth-order valence-corrected chi connectivity index (χ4v) is 2.76. The van der Waals surface area contributed by atoms with Gasteiger partial charge in [0.05, 0.1) is 32.5 Å². The van der Waals surface area contributed by atoms with E-state index < -0.39 is 0 Å². The van der Waals surface area contributed by atoms with Crippen LogP contribution in [0.15, 0.2) is 30.5 Å². The molecule has 2 aromatic heterocycles. The molecule has 8 nitrogen and oxygen atoms in total. The van der Waals surface area contributed by atoms with E-state index in [0.717, 1.165) is 22.7 Å². The topological polar surface area (TPSA) is 82.5 Å². The molecule has 8 heteroatoms. The number of anilines is 3. The van der Waals surface area contributed by atoms with E-state index in [9.17, 15) is 0 Å². The summed E-state index contributed by atoms with van der Waals surface area (Å²) in [6.45, 7) is 1.30. The van der Waals surface area contributed by atoms with E-state index in [1.54, 1.807) is 27.5 Å². The van der Waals surface area contributed by atoms with Gasteiger partial charge in [-0.1, -0.05) is 0 Å². The van der Waals surface area contributed by atoms with Gasteiger partial charge in [-0.05, 0) is 12.1 Å². The first-order valence-electron chi connectivity index (χ1n) is 8.22. The molecule has 3 rings (SSSR count). The molecule has 0 amide bonds. The van der Waals surface area contributed by atoms with Gasteiger partial charge in [-0.25, -0.2) is 9.97 Å². The van der Waals surface area contributed by atoms with Crippen molar-refractivity contribution in [2.24, 2.45) is 0 Å². The Bertz CT molecular complexity index is 894. The van der Waals surface area contributed by atoms with Crippen LogP contribution in [-0.2, 0) is 11.3 Å². The number of hydrogen-bond acceptors (Lipinski definition) is 7. The van der Waals surface area contributed by atoms with Crippen molar-refractivity contribution < 1.29 is 14.2 Å². The Balaban J connectivity index is 1.93. The Hall–Kier alpha value is -3.00. The lowest BCUT2D eigenvalue weighted by Crippen LogP contribution is -2.08. The first kappa shape index (κ1) is 17.8. The molecule has 0 radical (unpaired) electrons. The number of benzene rings is 1. The molecule has 1 aromatic carbocycles. The van der Waals surface area contributed by atoms with Crippen LogP contribution >= 0.6 is 0 Å². The summed E-state index contributed by atoms with van der Waals surface area (Å²) in [5, 5.41) is 6.40. The smallest absolute Gasteiger partial charge is 0.203 e. The van der Waals surface area contributed by atoms with Gasteiger partial charge in [-0.15, -0.1) is 0 Å². The second-order valence-electron chi connectivity index (χ2n) is 5.58. The van der Waals surface area contributed by atoms with Crippen molar-refractivity contribution in [3.63, 3.8) is 0 Å². The third-order valence-electron chi connectivity index (χ3n) is 4.03. The molecule has 0 fully saturated rings. The summed E-state index contributed by atoms with van der Waals surface area (Å²) >= 11 is 0. The predicted octanol–water partition coefficient (Wildman–Crippen LogP) is 2.88. The lowest BCUT2D eigenvalue weighted by atomic mass is 10.2. The summed E-state index contributed by atoms with van der Waals surface area (Å²) in [7, 11) is 6.76. The van der Waals surface area contributed by atoms with Gasteiger partial charge < -0.3 is 29.4 Å². The summed E-state index contributed by atoms with van der Waals surface area (Å²) < 4.78 is 17.9. The summed E-state index contributed by atoms with van der Waals surface area (Å²) in [4.78, 5) is 9.00. The largest absolute Gasteiger partial charge is 0.493 e. The standard InChI is InChI=1S/C18H23N5O3/c1-19-18-22-13-11-20-17(10-14(13)23(18)7-8-24-2)21-12-5-6-15(25-3)16(9-12)26-4/h5-6,9-11H,7-8H2,1-4H3,(H,19,22)(H,20,21). The van der Waals surface area contributed by atoms with Crippen LogP contribution in [0.25, 0.3) is 11.0 Å². The minimum Gasteiger partial charge on any atom is -0.493 e. The van der Waals surface area contributed by atoms with Crippen molar-refractivity contribution in [1.82, 2.24) is 14.5 Å². The maximum atomic E-state index is 5.34. The van der Waals surface area contributed by atoms with Gasteiger partial charge in [0, 0.05) is 38.5 Å². The van der Waals surface area contributed by atoms with E-state index in [1.165, 1.54) is 0 Å². The van der Waals surface area contributed by atoms with Crippen molar-refractivity contribution in [2.75, 3.05) is 45.6 Å². The van der Waals surface area contributed by atoms with Crippen molar-refractivity contribution in [2.45, 2.75) is 6.54 Å². The van der Waals surface area contributed by atoms with Gasteiger partial charge in [-0.2, -0.15) is 0 Å². The van der Waals surface area contributed by atoms with E-state index in [-0.39, 0.29) is 0 Å². The molecule has 0 bridgehead atoms. The van der Waals surface area contributed by atoms with Gasteiger partial charge in [0.15, 0.2) is 11.5 Å². The molecule has 0 saturated heterocycles. The van der Waals surface area contributed by atoms with Gasteiger partial charge in [-0.3, -0.25) is 0 Å². The monoisotopic (exact) mass is 357 g/mol. The third kappa shape index (κ3) is 3.50. The highest BCUT2D eigenvalue weighted by Gasteiger charge is 2.12. The van der Waals surface area contributed by atoms with Crippen LogP contribution in [0.1, 0.15) is 0 Å². The van der Waals surface area contributed by atoms with Gasteiger partial charge in [0.25, 0.3) is 0 Å². The van der Waals surface area contributed by atoms with Crippen LogP contribution < -0.4 is 20.1 Å².